The van der Waals surface area contributed by atoms with Gasteiger partial charge in [0.15, 0.2) is 0 Å². The molecule has 0 aliphatic carbocycles. The summed E-state index contributed by atoms with van der Waals surface area (Å²) in [5, 5.41) is 9.17. The van der Waals surface area contributed by atoms with E-state index in [1.807, 2.05) is 54.6 Å². The summed E-state index contributed by atoms with van der Waals surface area (Å²) in [5.74, 6) is -0.254. The first kappa shape index (κ1) is 33.5. The van der Waals surface area contributed by atoms with E-state index >= 15 is 0 Å². The minimum Gasteiger partial charge on any atom is -0.369 e. The molecule has 0 spiro atoms. The molecule has 1 fully saturated rings. The van der Waals surface area contributed by atoms with Crippen molar-refractivity contribution >= 4 is 50.5 Å². The van der Waals surface area contributed by atoms with Gasteiger partial charge in [-0.05, 0) is 60.9 Å². The van der Waals surface area contributed by atoms with E-state index in [9.17, 15) is 13.2 Å². The van der Waals surface area contributed by atoms with Crippen molar-refractivity contribution in [2.24, 2.45) is 0 Å². The number of aryl methyl sites for hydroxylation is 2. The van der Waals surface area contributed by atoms with E-state index < -0.39 is 10.0 Å². The van der Waals surface area contributed by atoms with E-state index in [1.54, 1.807) is 6.07 Å². The van der Waals surface area contributed by atoms with Crippen LogP contribution in [0.1, 0.15) is 40.5 Å². The lowest BCUT2D eigenvalue weighted by Gasteiger charge is -2.36. The fourth-order valence-corrected chi connectivity index (χ4v) is 7.50. The highest BCUT2D eigenvalue weighted by Gasteiger charge is 2.30. The average Bonchev–Trinajstić information content (AvgIpc) is 3.43. The zero-order chi connectivity index (χ0) is 33.1. The summed E-state index contributed by atoms with van der Waals surface area (Å²) in [5.41, 5.74) is 6.77. The Balaban J connectivity index is 1.18. The van der Waals surface area contributed by atoms with Crippen LogP contribution in [0.5, 0.6) is 0 Å². The number of rotatable bonds is 10. The largest absolute Gasteiger partial charge is 0.369 e. The van der Waals surface area contributed by atoms with E-state index in [1.165, 1.54) is 10.6 Å². The number of sulfonamides is 1. The molecule has 4 aromatic rings. The Morgan fingerprint density at radius 2 is 1.70 bits per heavy atom. The van der Waals surface area contributed by atoms with Crippen LogP contribution in [-0.2, 0) is 36.0 Å². The minimum absolute atomic E-state index is 0.253. The summed E-state index contributed by atoms with van der Waals surface area (Å²) >= 11 is 12.8. The number of carbonyl (C=O) groups excluding carboxylic acids is 1. The van der Waals surface area contributed by atoms with Gasteiger partial charge in [-0.1, -0.05) is 54.4 Å². The number of anilines is 2. The van der Waals surface area contributed by atoms with Crippen molar-refractivity contribution in [2.75, 3.05) is 55.7 Å². The first-order chi connectivity index (χ1) is 22.6. The van der Waals surface area contributed by atoms with E-state index in [4.69, 9.17) is 28.3 Å². The third kappa shape index (κ3) is 7.84. The van der Waals surface area contributed by atoms with E-state index in [0.717, 1.165) is 85.2 Å². The fraction of sp³-hybridized carbons (Fsp3) is 0.371. The van der Waals surface area contributed by atoms with Crippen molar-refractivity contribution in [1.29, 1.82) is 0 Å². The van der Waals surface area contributed by atoms with Crippen molar-refractivity contribution in [3.63, 3.8) is 0 Å². The number of amides is 1. The number of aromatic nitrogens is 2. The number of fused-ring (bicyclic) bond motifs is 1. The lowest BCUT2D eigenvalue weighted by Crippen LogP contribution is -2.46. The van der Waals surface area contributed by atoms with Crippen LogP contribution in [0.15, 0.2) is 66.7 Å². The highest BCUT2D eigenvalue weighted by Crippen LogP contribution is 2.35. The Labute approximate surface area is 287 Å². The predicted molar refractivity (Wildman–Crippen MR) is 190 cm³/mol. The fourth-order valence-electron chi connectivity index (χ4n) is 6.37. The normalized spacial score (nSPS) is 15.9. The second-order valence-corrected chi connectivity index (χ2v) is 15.0. The average molecular weight is 696 g/mol. The molecule has 6 rings (SSSR count). The molecule has 0 saturated carbocycles. The highest BCUT2D eigenvalue weighted by molar-refractivity contribution is 7.88. The number of nitrogens with one attached hydrogen (secondary N) is 1. The Kier molecular flexibility index (Phi) is 10.2. The number of benzene rings is 3. The summed E-state index contributed by atoms with van der Waals surface area (Å²) in [6, 6.07) is 21.0. The number of halogens is 2. The third-order valence-electron chi connectivity index (χ3n) is 9.07. The third-order valence-corrected chi connectivity index (χ3v) is 10.9. The Morgan fingerprint density at radius 1 is 0.936 bits per heavy atom. The van der Waals surface area contributed by atoms with Gasteiger partial charge in [-0.15, -0.1) is 0 Å². The van der Waals surface area contributed by atoms with E-state index in [0.29, 0.717) is 34.9 Å². The summed E-state index contributed by atoms with van der Waals surface area (Å²) < 4.78 is 28.6. The molecule has 248 valence electrons. The van der Waals surface area contributed by atoms with Crippen LogP contribution in [0.25, 0.3) is 11.3 Å². The van der Waals surface area contributed by atoms with Crippen LogP contribution in [0.4, 0.5) is 11.4 Å². The molecule has 1 aromatic heterocycles. The first-order valence-corrected chi connectivity index (χ1v) is 18.7. The van der Waals surface area contributed by atoms with Gasteiger partial charge in [-0.2, -0.15) is 9.40 Å². The molecule has 1 amide bonds. The molecular formula is C35H40Cl2N6O3S. The van der Waals surface area contributed by atoms with Gasteiger partial charge in [0, 0.05) is 91.9 Å². The number of hydrogen-bond acceptors (Lipinski definition) is 6. The molecule has 9 nitrogen and oxygen atoms in total. The molecule has 12 heteroatoms. The van der Waals surface area contributed by atoms with Gasteiger partial charge in [0.05, 0.1) is 22.7 Å². The number of hydrogen-bond donors (Lipinski definition) is 1. The first-order valence-electron chi connectivity index (χ1n) is 16.1. The second-order valence-electron chi connectivity index (χ2n) is 12.2. The van der Waals surface area contributed by atoms with E-state index in [-0.39, 0.29) is 12.5 Å². The Hall–Kier alpha value is -3.41. The van der Waals surface area contributed by atoms with Crippen LogP contribution in [0, 0.1) is 0 Å². The topological polar surface area (TPSA) is 90.8 Å². The van der Waals surface area contributed by atoms with Crippen LogP contribution in [0.3, 0.4) is 0 Å². The van der Waals surface area contributed by atoms with Gasteiger partial charge in [0.25, 0.3) is 5.91 Å². The van der Waals surface area contributed by atoms with Crippen LogP contribution in [0.2, 0.25) is 10.0 Å². The summed E-state index contributed by atoms with van der Waals surface area (Å²) in [7, 11) is -3.38. The Bertz CT molecular complexity index is 1850. The minimum atomic E-state index is -3.38. The molecule has 1 saturated heterocycles. The van der Waals surface area contributed by atoms with Gasteiger partial charge in [-0.3, -0.25) is 14.4 Å². The van der Waals surface area contributed by atoms with Crippen molar-refractivity contribution in [3.05, 3.63) is 99.2 Å². The number of nitrogens with zero attached hydrogens (tertiary/aromatic N) is 5. The maximum absolute atomic E-state index is 13.1. The maximum atomic E-state index is 13.1. The van der Waals surface area contributed by atoms with Crippen molar-refractivity contribution in [1.82, 2.24) is 19.0 Å². The van der Waals surface area contributed by atoms with E-state index in [2.05, 4.69) is 32.8 Å². The molecule has 0 bridgehead atoms. The lowest BCUT2D eigenvalue weighted by atomic mass is 10.0. The van der Waals surface area contributed by atoms with Gasteiger partial charge in [-0.25, -0.2) is 8.42 Å². The van der Waals surface area contributed by atoms with Crippen molar-refractivity contribution in [2.45, 2.75) is 39.3 Å². The highest BCUT2D eigenvalue weighted by atomic mass is 35.5. The molecular weight excluding hydrogens is 655 g/mol. The van der Waals surface area contributed by atoms with Crippen molar-refractivity contribution in [3.8, 4) is 11.3 Å². The van der Waals surface area contributed by atoms with Crippen LogP contribution < -0.4 is 10.2 Å². The molecule has 1 N–H and O–H groups in total. The maximum Gasteiger partial charge on any atom is 0.255 e. The Morgan fingerprint density at radius 3 is 2.40 bits per heavy atom. The van der Waals surface area contributed by atoms with Gasteiger partial charge in [0.2, 0.25) is 10.0 Å². The van der Waals surface area contributed by atoms with Gasteiger partial charge in [0.1, 0.15) is 0 Å². The van der Waals surface area contributed by atoms with Crippen LogP contribution in [-0.4, -0.2) is 78.8 Å². The molecule has 47 heavy (non-hydrogen) atoms. The zero-order valence-corrected chi connectivity index (χ0v) is 29.1. The molecule has 2 aliphatic heterocycles. The molecule has 2 aliphatic rings. The van der Waals surface area contributed by atoms with Gasteiger partial charge >= 0.3 is 0 Å². The monoisotopic (exact) mass is 694 g/mol. The molecule has 3 heterocycles. The number of piperazine rings is 1. The standard InChI is InChI=1S/C35H40Cl2N6O3S/c1-3-25-8-10-26(11-9-25)35(44)38-32-22-27(12-13-31(32)37)34-30-24-42(47(2,45)46)17-14-33(30)43(39-34)16-5-15-40-18-20-41(21-19-40)29-7-4-6-28(36)23-29/h4,6-13,22-23H,3,5,14-21,24H2,1-2H3,(H,38,44). The summed E-state index contributed by atoms with van der Waals surface area (Å²) in [4.78, 5) is 17.9. The molecule has 0 unspecified atom stereocenters. The zero-order valence-electron chi connectivity index (χ0n) is 26.8. The molecule has 0 atom stereocenters. The van der Waals surface area contributed by atoms with Gasteiger partial charge < -0.3 is 10.2 Å². The molecule has 3 aromatic carbocycles. The predicted octanol–water partition coefficient (Wildman–Crippen LogP) is 6.20. The van der Waals surface area contributed by atoms with Crippen molar-refractivity contribution < 1.29 is 13.2 Å². The summed E-state index contributed by atoms with van der Waals surface area (Å²) in [6.45, 7) is 8.25. The summed E-state index contributed by atoms with van der Waals surface area (Å²) in [6.07, 6.45) is 3.64. The number of carbonyl (C=O) groups is 1. The second kappa shape index (κ2) is 14.4. The van der Waals surface area contributed by atoms with Crippen LogP contribution >= 0.6 is 23.2 Å². The lowest BCUT2D eigenvalue weighted by molar-refractivity contribution is 0.102. The molecule has 0 radical (unpaired) electrons. The smallest absolute Gasteiger partial charge is 0.255 e. The quantitative estimate of drug-likeness (QED) is 0.213. The SMILES string of the molecule is CCc1ccc(C(=O)Nc2cc(-c3nn(CCCN4CCN(c5cccc(Cl)c5)CC4)c4c3CN(S(C)(=O)=O)CC4)ccc2Cl)cc1.